The maximum Gasteiger partial charge on any atom is 0.327 e. The molecular formula is C30H42N6O8S. The molecule has 45 heavy (non-hydrogen) atoms. The molecular weight excluding hydrogens is 604 g/mol. The summed E-state index contributed by atoms with van der Waals surface area (Å²) in [6.45, 7) is 8.01. The fraction of sp³-hybridized carbons (Fsp3) is 0.533. The number of thioether (sulfide) groups is 1. The minimum absolute atomic E-state index is 0.00689. The van der Waals surface area contributed by atoms with Gasteiger partial charge in [-0.3, -0.25) is 24.0 Å². The quantitative estimate of drug-likeness (QED) is 0.214. The van der Waals surface area contributed by atoms with Gasteiger partial charge in [0.15, 0.2) is 0 Å². The Bertz CT molecular complexity index is 1430. The highest BCUT2D eigenvalue weighted by atomic mass is 32.2. The molecule has 1 aliphatic rings. The molecule has 0 spiro atoms. The first kappa shape index (κ1) is 35.4. The number of H-pyrrole nitrogens is 1. The van der Waals surface area contributed by atoms with Gasteiger partial charge in [0.05, 0.1) is 11.1 Å². The highest BCUT2D eigenvalue weighted by Gasteiger charge is 2.34. The number of hydrogen-bond acceptors (Lipinski definition) is 8. The maximum absolute atomic E-state index is 13.8. The predicted octanol–water partition coefficient (Wildman–Crippen LogP) is 0.182. The second-order valence-electron chi connectivity index (χ2n) is 11.5. The van der Waals surface area contributed by atoms with Crippen LogP contribution in [0.3, 0.4) is 0 Å². The zero-order valence-corrected chi connectivity index (χ0v) is 26.7. The van der Waals surface area contributed by atoms with E-state index < -0.39 is 65.9 Å². The van der Waals surface area contributed by atoms with Crippen molar-refractivity contribution in [3.05, 3.63) is 29.8 Å². The average Bonchev–Trinajstić information content (AvgIpc) is 3.32. The summed E-state index contributed by atoms with van der Waals surface area (Å²) in [5, 5.41) is 34.2. The van der Waals surface area contributed by atoms with Crippen molar-refractivity contribution in [1.82, 2.24) is 31.6 Å². The van der Waals surface area contributed by atoms with E-state index >= 15 is 0 Å². The topological polar surface area (TPSA) is 219 Å². The van der Waals surface area contributed by atoms with E-state index in [4.69, 9.17) is 0 Å². The summed E-state index contributed by atoms with van der Waals surface area (Å²) in [6.07, 6.45) is -1.06. The molecule has 0 saturated carbocycles. The van der Waals surface area contributed by atoms with E-state index in [1.54, 1.807) is 13.0 Å². The number of amides is 5. The van der Waals surface area contributed by atoms with Crippen LogP contribution in [0.4, 0.5) is 0 Å². The smallest absolute Gasteiger partial charge is 0.327 e. The number of carbonyl (C=O) groups is 6. The second kappa shape index (κ2) is 15.8. The van der Waals surface area contributed by atoms with Gasteiger partial charge in [0.25, 0.3) is 0 Å². The highest BCUT2D eigenvalue weighted by Crippen LogP contribution is 2.31. The Labute approximate surface area is 265 Å². The third kappa shape index (κ3) is 9.44. The molecule has 2 aromatic rings. The van der Waals surface area contributed by atoms with E-state index in [0.29, 0.717) is 16.1 Å². The fourth-order valence-corrected chi connectivity index (χ4v) is 5.96. The van der Waals surface area contributed by atoms with Crippen molar-refractivity contribution in [2.45, 2.75) is 95.2 Å². The minimum Gasteiger partial charge on any atom is -0.480 e. The van der Waals surface area contributed by atoms with E-state index in [2.05, 4.69) is 31.6 Å². The van der Waals surface area contributed by atoms with Gasteiger partial charge in [0.2, 0.25) is 29.5 Å². The van der Waals surface area contributed by atoms with Crippen LogP contribution in [0.5, 0.6) is 0 Å². The zero-order valence-electron chi connectivity index (χ0n) is 25.9. The molecule has 14 nitrogen and oxygen atoms in total. The van der Waals surface area contributed by atoms with E-state index in [1.165, 1.54) is 13.8 Å². The lowest BCUT2D eigenvalue weighted by Gasteiger charge is -2.27. The van der Waals surface area contributed by atoms with Crippen LogP contribution < -0.4 is 26.6 Å². The molecule has 15 heteroatoms. The molecule has 8 N–H and O–H groups in total. The summed E-state index contributed by atoms with van der Waals surface area (Å²) in [5.74, 6) is -4.91. The number of aliphatic carboxylic acids is 1. The number of benzene rings is 1. The molecule has 0 unspecified atom stereocenters. The Balaban J connectivity index is 2.11. The lowest BCUT2D eigenvalue weighted by Crippen LogP contribution is -2.60. The Hall–Kier alpha value is -4.11. The number of para-hydroxylation sites is 1. The van der Waals surface area contributed by atoms with Gasteiger partial charge < -0.3 is 41.8 Å². The second-order valence-corrected chi connectivity index (χ2v) is 12.5. The van der Waals surface area contributed by atoms with Gasteiger partial charge in [-0.15, -0.1) is 11.8 Å². The largest absolute Gasteiger partial charge is 0.480 e. The molecule has 1 aromatic carbocycles. The lowest BCUT2D eigenvalue weighted by molar-refractivity contribution is -0.142. The number of rotatable bonds is 6. The lowest BCUT2D eigenvalue weighted by atomic mass is 10.0. The summed E-state index contributed by atoms with van der Waals surface area (Å²) >= 11 is 1.09. The van der Waals surface area contributed by atoms with E-state index in [9.17, 15) is 39.0 Å². The summed E-state index contributed by atoms with van der Waals surface area (Å²) in [6, 6.07) is 0.977. The van der Waals surface area contributed by atoms with Crippen molar-refractivity contribution in [2.24, 2.45) is 5.92 Å². The first-order chi connectivity index (χ1) is 21.2. The van der Waals surface area contributed by atoms with E-state index in [0.717, 1.165) is 17.1 Å². The number of carbonyl (C=O) groups excluding carboxylic acids is 5. The maximum atomic E-state index is 13.8. The molecule has 3 rings (SSSR count). The number of hydrogen-bond donors (Lipinski definition) is 8. The van der Waals surface area contributed by atoms with E-state index in [1.807, 2.05) is 32.0 Å². The van der Waals surface area contributed by atoms with Gasteiger partial charge in [-0.1, -0.05) is 39.0 Å². The summed E-state index contributed by atoms with van der Waals surface area (Å²) in [7, 11) is 0. The Kier molecular flexibility index (Phi) is 12.4. The number of aromatic nitrogens is 1. The molecule has 5 amide bonds. The number of aliphatic hydroxyl groups is 1. The first-order valence-electron chi connectivity index (χ1n) is 14.9. The van der Waals surface area contributed by atoms with Crippen LogP contribution in [0.25, 0.3) is 10.9 Å². The van der Waals surface area contributed by atoms with Crippen LogP contribution in [0.2, 0.25) is 0 Å². The van der Waals surface area contributed by atoms with Crippen LogP contribution >= 0.6 is 11.8 Å². The van der Waals surface area contributed by atoms with Gasteiger partial charge in [-0.2, -0.15) is 0 Å². The van der Waals surface area contributed by atoms with Gasteiger partial charge in [-0.25, -0.2) is 4.79 Å². The predicted molar refractivity (Wildman–Crippen MR) is 167 cm³/mol. The Morgan fingerprint density at radius 1 is 0.978 bits per heavy atom. The standard InChI is InChI=1S/C30H42N6O8S/c1-6-23(38)32-21-12-18-17-9-7-8-10-19(17)35-29(18)45-13-22(30(43)44)34-28(42)24(16(5)37)36-25(39)15(4)31-26(40)20(11-14(2)3)33-27(21)41/h7-10,14-16,20-22,24,35,37H,6,11-13H2,1-5H3,(H,31,40)(H,32,38)(H,33,41)(H,34,42)(H,36,39)(H,43,44)/t15-,16-,20+,21+,22+,24+/m1/s1. The summed E-state index contributed by atoms with van der Waals surface area (Å²) < 4.78 is 0. The van der Waals surface area contributed by atoms with Gasteiger partial charge in [0.1, 0.15) is 30.2 Å². The molecule has 0 aliphatic carbocycles. The number of carboxylic acid groups (broad SMARTS) is 1. The van der Waals surface area contributed by atoms with Crippen molar-refractivity contribution in [3.63, 3.8) is 0 Å². The molecule has 1 aliphatic heterocycles. The van der Waals surface area contributed by atoms with Gasteiger partial charge in [-0.05, 0) is 37.8 Å². The van der Waals surface area contributed by atoms with Crippen molar-refractivity contribution in [1.29, 1.82) is 0 Å². The zero-order chi connectivity index (χ0) is 33.4. The van der Waals surface area contributed by atoms with Crippen molar-refractivity contribution < 1.29 is 39.0 Å². The first-order valence-corrected chi connectivity index (χ1v) is 15.8. The molecule has 1 aromatic heterocycles. The fourth-order valence-electron chi connectivity index (χ4n) is 4.85. The number of nitrogens with one attached hydrogen (secondary N) is 6. The van der Waals surface area contributed by atoms with Crippen LogP contribution in [0.15, 0.2) is 29.3 Å². The Morgan fingerprint density at radius 3 is 2.29 bits per heavy atom. The normalized spacial score (nSPS) is 24.7. The summed E-state index contributed by atoms with van der Waals surface area (Å²) in [5.41, 5.74) is 1.34. The van der Waals surface area contributed by atoms with Crippen molar-refractivity contribution >= 4 is 58.2 Å². The highest BCUT2D eigenvalue weighted by molar-refractivity contribution is 7.99. The third-order valence-corrected chi connectivity index (χ3v) is 8.46. The van der Waals surface area contributed by atoms with E-state index in [-0.39, 0.29) is 36.8 Å². The Morgan fingerprint density at radius 2 is 1.67 bits per heavy atom. The van der Waals surface area contributed by atoms with Crippen molar-refractivity contribution in [2.75, 3.05) is 5.75 Å². The molecule has 0 radical (unpaired) electrons. The molecule has 0 saturated heterocycles. The van der Waals surface area contributed by atoms with Crippen LogP contribution in [0, 0.1) is 5.92 Å². The van der Waals surface area contributed by atoms with Gasteiger partial charge >= 0.3 is 5.97 Å². The van der Waals surface area contributed by atoms with Gasteiger partial charge in [0, 0.05) is 29.5 Å². The number of aromatic amines is 1. The van der Waals surface area contributed by atoms with Crippen LogP contribution in [-0.4, -0.2) is 92.8 Å². The van der Waals surface area contributed by atoms with Crippen molar-refractivity contribution in [3.8, 4) is 0 Å². The molecule has 2 heterocycles. The summed E-state index contributed by atoms with van der Waals surface area (Å²) in [4.78, 5) is 81.1. The van der Waals surface area contributed by atoms with Crippen LogP contribution in [-0.2, 0) is 35.2 Å². The SMILES string of the molecule is CCC(=O)N[C@H]1Cc2c([nH]c3ccccc23)SC[C@@H](C(=O)O)NC(=O)[C@H]([C@@H](C)O)NC(=O)[C@@H](C)NC(=O)[C@H](CC(C)C)NC1=O. The minimum atomic E-state index is -1.51. The number of carboxylic acids is 1. The van der Waals surface area contributed by atoms with Crippen LogP contribution in [0.1, 0.15) is 53.0 Å². The molecule has 6 atom stereocenters. The number of aliphatic hydroxyl groups excluding tert-OH is 1. The number of fused-ring (bicyclic) bond motifs is 3. The molecule has 246 valence electrons. The monoisotopic (exact) mass is 646 g/mol. The third-order valence-electron chi connectivity index (χ3n) is 7.32. The molecule has 0 fully saturated rings. The molecule has 0 bridgehead atoms. The average molecular weight is 647 g/mol.